The predicted octanol–water partition coefficient (Wildman–Crippen LogP) is 5.15. The predicted molar refractivity (Wildman–Crippen MR) is 117 cm³/mol. The summed E-state index contributed by atoms with van der Waals surface area (Å²) in [5.74, 6) is -1.20. The van der Waals surface area contributed by atoms with Crippen LogP contribution in [-0.2, 0) is 9.59 Å². The first-order valence-electron chi connectivity index (χ1n) is 9.65. The molecule has 0 fully saturated rings. The van der Waals surface area contributed by atoms with Crippen molar-refractivity contribution in [3.05, 3.63) is 100 Å². The van der Waals surface area contributed by atoms with Crippen LogP contribution in [0.25, 0.3) is 5.57 Å². The fourth-order valence-electron chi connectivity index (χ4n) is 3.59. The molecular formula is C25H21FN2O2. The van der Waals surface area contributed by atoms with Crippen molar-refractivity contribution in [3.63, 3.8) is 0 Å². The summed E-state index contributed by atoms with van der Waals surface area (Å²) in [4.78, 5) is 28.0. The molecule has 30 heavy (non-hydrogen) atoms. The molecule has 3 aromatic carbocycles. The lowest BCUT2D eigenvalue weighted by Crippen LogP contribution is -2.33. The van der Waals surface area contributed by atoms with Crippen LogP contribution in [0, 0.1) is 26.6 Å². The molecule has 1 N–H and O–H groups in total. The van der Waals surface area contributed by atoms with E-state index in [4.69, 9.17) is 0 Å². The molecule has 0 bridgehead atoms. The zero-order valence-corrected chi connectivity index (χ0v) is 17.0. The van der Waals surface area contributed by atoms with Gasteiger partial charge < -0.3 is 5.32 Å². The van der Waals surface area contributed by atoms with E-state index < -0.39 is 5.91 Å². The molecular weight excluding hydrogens is 379 g/mol. The van der Waals surface area contributed by atoms with Crippen molar-refractivity contribution in [2.45, 2.75) is 20.8 Å². The minimum Gasteiger partial charge on any atom is -0.350 e. The number of imide groups is 1. The molecule has 0 unspecified atom stereocenters. The normalized spacial score (nSPS) is 13.9. The average Bonchev–Trinajstić information content (AvgIpc) is 2.95. The van der Waals surface area contributed by atoms with Gasteiger partial charge in [0, 0.05) is 5.69 Å². The van der Waals surface area contributed by atoms with Gasteiger partial charge in [0.05, 0.1) is 11.3 Å². The standard InChI is InChI=1S/C25H21FN2O2/c1-15-4-7-18(8-5-15)22-23(27-20-11-9-19(26)10-12-20)25(30)28(24(22)29)21-13-6-16(2)14-17(21)3/h4-14,27H,1-3H3. The highest BCUT2D eigenvalue weighted by molar-refractivity contribution is 6.46. The summed E-state index contributed by atoms with van der Waals surface area (Å²) in [6.45, 7) is 5.79. The molecule has 1 heterocycles. The van der Waals surface area contributed by atoms with Gasteiger partial charge in [0.15, 0.2) is 0 Å². The zero-order chi connectivity index (χ0) is 21.4. The second-order valence-corrected chi connectivity index (χ2v) is 7.48. The van der Waals surface area contributed by atoms with E-state index in [0.717, 1.165) is 16.7 Å². The Balaban J connectivity index is 1.83. The summed E-state index contributed by atoms with van der Waals surface area (Å²) in [5, 5.41) is 3.04. The molecule has 0 radical (unpaired) electrons. The molecule has 0 aliphatic carbocycles. The number of hydrogen-bond donors (Lipinski definition) is 1. The molecule has 3 aromatic rings. The van der Waals surface area contributed by atoms with Gasteiger partial charge in [0.2, 0.25) is 0 Å². The Morgan fingerprint density at radius 1 is 0.767 bits per heavy atom. The van der Waals surface area contributed by atoms with Crippen LogP contribution in [0.4, 0.5) is 15.8 Å². The van der Waals surface area contributed by atoms with E-state index in [1.165, 1.54) is 29.2 Å². The summed E-state index contributed by atoms with van der Waals surface area (Å²) in [5.41, 5.74) is 5.14. The first kappa shape index (κ1) is 19.6. The molecule has 1 aliphatic heterocycles. The van der Waals surface area contributed by atoms with Gasteiger partial charge in [-0.15, -0.1) is 0 Å². The minimum absolute atomic E-state index is 0.176. The summed E-state index contributed by atoms with van der Waals surface area (Å²) in [7, 11) is 0. The second-order valence-electron chi connectivity index (χ2n) is 7.48. The number of benzene rings is 3. The first-order chi connectivity index (χ1) is 14.3. The van der Waals surface area contributed by atoms with Crippen LogP contribution in [-0.4, -0.2) is 11.8 Å². The van der Waals surface area contributed by atoms with Gasteiger partial charge in [-0.2, -0.15) is 0 Å². The van der Waals surface area contributed by atoms with Crippen LogP contribution in [0.2, 0.25) is 0 Å². The lowest BCUT2D eigenvalue weighted by atomic mass is 10.0. The average molecular weight is 400 g/mol. The maximum Gasteiger partial charge on any atom is 0.282 e. The van der Waals surface area contributed by atoms with Crippen LogP contribution in [0.1, 0.15) is 22.3 Å². The molecule has 150 valence electrons. The highest BCUT2D eigenvalue weighted by Gasteiger charge is 2.40. The maximum atomic E-state index is 13.4. The number of carbonyl (C=O) groups is 2. The summed E-state index contributed by atoms with van der Waals surface area (Å²) in [6.07, 6.45) is 0. The van der Waals surface area contributed by atoms with E-state index in [9.17, 15) is 14.0 Å². The van der Waals surface area contributed by atoms with Crippen molar-refractivity contribution in [3.8, 4) is 0 Å². The van der Waals surface area contributed by atoms with Gasteiger partial charge >= 0.3 is 0 Å². The van der Waals surface area contributed by atoms with Crippen molar-refractivity contribution in [2.75, 3.05) is 10.2 Å². The third-order valence-corrected chi connectivity index (χ3v) is 5.13. The fourth-order valence-corrected chi connectivity index (χ4v) is 3.59. The Hall–Kier alpha value is -3.73. The Labute approximate surface area is 174 Å². The molecule has 0 atom stereocenters. The van der Waals surface area contributed by atoms with Crippen molar-refractivity contribution < 1.29 is 14.0 Å². The molecule has 4 rings (SSSR count). The van der Waals surface area contributed by atoms with Crippen molar-refractivity contribution in [1.29, 1.82) is 0 Å². The SMILES string of the molecule is Cc1ccc(C2=C(Nc3ccc(F)cc3)C(=O)N(c3ccc(C)cc3C)C2=O)cc1. The number of amides is 2. The van der Waals surface area contributed by atoms with Crippen LogP contribution in [0.5, 0.6) is 0 Å². The molecule has 5 heteroatoms. The number of carbonyl (C=O) groups excluding carboxylic acids is 2. The largest absolute Gasteiger partial charge is 0.350 e. The van der Waals surface area contributed by atoms with Crippen molar-refractivity contribution in [1.82, 2.24) is 0 Å². The van der Waals surface area contributed by atoms with Gasteiger partial charge in [0.25, 0.3) is 11.8 Å². The third kappa shape index (κ3) is 3.50. The lowest BCUT2D eigenvalue weighted by Gasteiger charge is -2.18. The topological polar surface area (TPSA) is 49.4 Å². The van der Waals surface area contributed by atoms with Crippen LogP contribution in [0.15, 0.2) is 72.4 Å². The van der Waals surface area contributed by atoms with Gasteiger partial charge in [-0.25, -0.2) is 9.29 Å². The number of aryl methyl sites for hydroxylation is 3. The van der Waals surface area contributed by atoms with Crippen LogP contribution in [0.3, 0.4) is 0 Å². The number of nitrogens with one attached hydrogen (secondary N) is 1. The number of halogens is 1. The highest BCUT2D eigenvalue weighted by atomic mass is 19.1. The second kappa shape index (κ2) is 7.59. The molecule has 4 nitrogen and oxygen atoms in total. The van der Waals surface area contributed by atoms with Gasteiger partial charge in [-0.3, -0.25) is 9.59 Å². The Bertz CT molecular complexity index is 1180. The van der Waals surface area contributed by atoms with E-state index in [0.29, 0.717) is 22.5 Å². The van der Waals surface area contributed by atoms with Gasteiger partial charge in [0.1, 0.15) is 11.5 Å². The van der Waals surface area contributed by atoms with E-state index in [2.05, 4.69) is 5.32 Å². The molecule has 0 spiro atoms. The van der Waals surface area contributed by atoms with E-state index in [-0.39, 0.29) is 17.4 Å². The molecule has 2 amide bonds. The molecule has 0 aromatic heterocycles. The number of rotatable bonds is 4. The van der Waals surface area contributed by atoms with Crippen LogP contribution >= 0.6 is 0 Å². The maximum absolute atomic E-state index is 13.4. The van der Waals surface area contributed by atoms with Crippen molar-refractivity contribution in [2.24, 2.45) is 0 Å². The van der Waals surface area contributed by atoms with Gasteiger partial charge in [-0.1, -0.05) is 47.5 Å². The summed E-state index contributed by atoms with van der Waals surface area (Å²) < 4.78 is 13.3. The lowest BCUT2D eigenvalue weighted by molar-refractivity contribution is -0.120. The summed E-state index contributed by atoms with van der Waals surface area (Å²) in [6, 6.07) is 18.7. The summed E-state index contributed by atoms with van der Waals surface area (Å²) >= 11 is 0. The smallest absolute Gasteiger partial charge is 0.282 e. The van der Waals surface area contributed by atoms with E-state index in [1.807, 2.05) is 57.2 Å². The number of hydrogen-bond acceptors (Lipinski definition) is 3. The number of nitrogens with zero attached hydrogens (tertiary/aromatic N) is 1. The number of anilines is 2. The Morgan fingerprint density at radius 2 is 1.40 bits per heavy atom. The van der Waals surface area contributed by atoms with E-state index in [1.54, 1.807) is 6.07 Å². The van der Waals surface area contributed by atoms with Crippen LogP contribution < -0.4 is 10.2 Å². The molecule has 1 aliphatic rings. The molecule has 0 saturated carbocycles. The van der Waals surface area contributed by atoms with Crippen molar-refractivity contribution >= 4 is 28.8 Å². The quantitative estimate of drug-likeness (QED) is 0.617. The fraction of sp³-hybridized carbons (Fsp3) is 0.120. The zero-order valence-electron chi connectivity index (χ0n) is 17.0. The van der Waals surface area contributed by atoms with E-state index >= 15 is 0 Å². The minimum atomic E-state index is -0.438. The Kier molecular flexibility index (Phi) is 4.96. The van der Waals surface area contributed by atoms with Gasteiger partial charge in [-0.05, 0) is 62.2 Å². The highest BCUT2D eigenvalue weighted by Crippen LogP contribution is 2.35. The first-order valence-corrected chi connectivity index (χ1v) is 9.65. The monoisotopic (exact) mass is 400 g/mol. The molecule has 0 saturated heterocycles. The third-order valence-electron chi connectivity index (χ3n) is 5.13. The Morgan fingerprint density at radius 3 is 2.03 bits per heavy atom.